The average molecular weight is 251 g/mol. The number of hydrogen-bond acceptors (Lipinski definition) is 3. The van der Waals surface area contributed by atoms with Crippen molar-refractivity contribution < 1.29 is 9.90 Å². The molecule has 2 heterocycles. The van der Waals surface area contributed by atoms with Crippen molar-refractivity contribution in [3.63, 3.8) is 0 Å². The Kier molecular flexibility index (Phi) is 3.43. The first kappa shape index (κ1) is 13.1. The molecule has 0 aromatic carbocycles. The molecule has 0 spiro atoms. The second-order valence-corrected chi connectivity index (χ2v) is 5.46. The van der Waals surface area contributed by atoms with Gasteiger partial charge in [0.15, 0.2) is 0 Å². The molecule has 0 aliphatic carbocycles. The highest BCUT2D eigenvalue weighted by Gasteiger charge is 2.33. The largest absolute Gasteiger partial charge is 0.388 e. The van der Waals surface area contributed by atoms with E-state index in [0.29, 0.717) is 32.5 Å². The van der Waals surface area contributed by atoms with E-state index < -0.39 is 5.60 Å². The maximum atomic E-state index is 12.0. The van der Waals surface area contributed by atoms with Gasteiger partial charge in [-0.3, -0.25) is 9.48 Å². The van der Waals surface area contributed by atoms with Crippen molar-refractivity contribution in [2.24, 2.45) is 0 Å². The van der Waals surface area contributed by atoms with Crippen LogP contribution in [-0.4, -0.2) is 44.4 Å². The van der Waals surface area contributed by atoms with Crippen LogP contribution in [-0.2, 0) is 11.3 Å². The molecule has 1 aromatic rings. The molecule has 2 rings (SSSR count). The monoisotopic (exact) mass is 251 g/mol. The lowest BCUT2D eigenvalue weighted by molar-refractivity contribution is -0.131. The highest BCUT2D eigenvalue weighted by atomic mass is 16.3. The van der Waals surface area contributed by atoms with Gasteiger partial charge in [0.2, 0.25) is 5.91 Å². The molecule has 5 heteroatoms. The van der Waals surface area contributed by atoms with E-state index in [1.165, 1.54) is 0 Å². The summed E-state index contributed by atoms with van der Waals surface area (Å²) in [5.74, 6) is 0.0975. The fourth-order valence-electron chi connectivity index (χ4n) is 2.42. The Morgan fingerprint density at radius 1 is 1.56 bits per heavy atom. The van der Waals surface area contributed by atoms with Gasteiger partial charge in [-0.2, -0.15) is 5.10 Å². The molecule has 1 fully saturated rings. The lowest BCUT2D eigenvalue weighted by atomic mass is 10.1. The molecule has 18 heavy (non-hydrogen) atoms. The molecule has 1 aliphatic rings. The van der Waals surface area contributed by atoms with Crippen LogP contribution in [0.5, 0.6) is 0 Å². The number of carbonyl (C=O) groups excluding carboxylic acids is 1. The molecule has 1 aromatic heterocycles. The Balaban J connectivity index is 1.87. The van der Waals surface area contributed by atoms with Gasteiger partial charge in [-0.15, -0.1) is 0 Å². The summed E-state index contributed by atoms with van der Waals surface area (Å²) in [6.45, 7) is 7.43. The summed E-state index contributed by atoms with van der Waals surface area (Å²) in [7, 11) is 0. The number of rotatable bonds is 3. The summed E-state index contributed by atoms with van der Waals surface area (Å²) in [4.78, 5) is 13.7. The summed E-state index contributed by atoms with van der Waals surface area (Å²) in [5.41, 5.74) is 1.34. The third-order valence-corrected chi connectivity index (χ3v) is 3.45. The minimum Gasteiger partial charge on any atom is -0.388 e. The molecule has 5 nitrogen and oxygen atoms in total. The number of aryl methyl sites for hydroxylation is 3. The van der Waals surface area contributed by atoms with Crippen LogP contribution in [0.15, 0.2) is 6.07 Å². The van der Waals surface area contributed by atoms with Crippen LogP contribution in [0, 0.1) is 13.8 Å². The normalized spacial score (nSPS) is 23.7. The highest BCUT2D eigenvalue weighted by Crippen LogP contribution is 2.20. The zero-order valence-corrected chi connectivity index (χ0v) is 11.3. The van der Waals surface area contributed by atoms with Crippen molar-refractivity contribution in [1.82, 2.24) is 14.7 Å². The third-order valence-electron chi connectivity index (χ3n) is 3.45. The number of aliphatic hydroxyl groups is 1. The number of amides is 1. The highest BCUT2D eigenvalue weighted by molar-refractivity contribution is 5.76. The maximum absolute atomic E-state index is 12.0. The average Bonchev–Trinajstić information content (AvgIpc) is 2.78. The van der Waals surface area contributed by atoms with Crippen molar-refractivity contribution >= 4 is 5.91 Å². The van der Waals surface area contributed by atoms with E-state index in [1.807, 2.05) is 24.6 Å². The zero-order valence-electron chi connectivity index (χ0n) is 11.3. The first-order valence-electron chi connectivity index (χ1n) is 6.39. The van der Waals surface area contributed by atoms with Crippen molar-refractivity contribution in [2.45, 2.75) is 45.8 Å². The first-order valence-corrected chi connectivity index (χ1v) is 6.39. The van der Waals surface area contributed by atoms with Crippen LogP contribution in [0.2, 0.25) is 0 Å². The smallest absolute Gasteiger partial charge is 0.224 e. The van der Waals surface area contributed by atoms with E-state index in [0.717, 1.165) is 11.4 Å². The minimum atomic E-state index is -0.714. The molecule has 0 saturated carbocycles. The molecule has 1 amide bonds. The summed E-state index contributed by atoms with van der Waals surface area (Å²) >= 11 is 0. The van der Waals surface area contributed by atoms with E-state index in [-0.39, 0.29) is 5.91 Å². The Labute approximate surface area is 107 Å². The van der Waals surface area contributed by atoms with Crippen molar-refractivity contribution in [2.75, 3.05) is 13.1 Å². The first-order chi connectivity index (χ1) is 8.37. The van der Waals surface area contributed by atoms with E-state index in [4.69, 9.17) is 0 Å². The molecular formula is C13H21N3O2. The Bertz CT molecular complexity index is 451. The van der Waals surface area contributed by atoms with E-state index in [1.54, 1.807) is 11.8 Å². The SMILES string of the molecule is Cc1cc(C)n(CCC(=O)N2CCC(C)(O)C2)n1. The molecule has 1 saturated heterocycles. The van der Waals surface area contributed by atoms with Gasteiger partial charge in [0, 0.05) is 31.7 Å². The number of β-amino-alcohol motifs (C(OH)–C–C–N with tert-alkyl or cyclic N) is 1. The predicted molar refractivity (Wildman–Crippen MR) is 68.1 cm³/mol. The summed E-state index contributed by atoms with van der Waals surface area (Å²) < 4.78 is 1.86. The Morgan fingerprint density at radius 3 is 2.78 bits per heavy atom. The standard InChI is InChI=1S/C13H21N3O2/c1-10-8-11(2)16(14-10)6-4-12(17)15-7-5-13(3,18)9-15/h8,18H,4-7,9H2,1-3H3. The van der Waals surface area contributed by atoms with Crippen molar-refractivity contribution in [3.05, 3.63) is 17.5 Å². The molecule has 1 aliphatic heterocycles. The topological polar surface area (TPSA) is 58.4 Å². The fraction of sp³-hybridized carbons (Fsp3) is 0.692. The lowest BCUT2D eigenvalue weighted by Crippen LogP contribution is -2.34. The number of hydrogen-bond donors (Lipinski definition) is 1. The van der Waals surface area contributed by atoms with Gasteiger partial charge >= 0.3 is 0 Å². The number of likely N-dealkylation sites (tertiary alicyclic amines) is 1. The molecule has 0 bridgehead atoms. The number of carbonyl (C=O) groups is 1. The zero-order chi connectivity index (χ0) is 13.3. The van der Waals surface area contributed by atoms with Crippen LogP contribution >= 0.6 is 0 Å². The van der Waals surface area contributed by atoms with E-state index in [2.05, 4.69) is 5.10 Å². The van der Waals surface area contributed by atoms with Gasteiger partial charge in [-0.25, -0.2) is 0 Å². The van der Waals surface area contributed by atoms with Crippen molar-refractivity contribution in [3.8, 4) is 0 Å². The fourth-order valence-corrected chi connectivity index (χ4v) is 2.42. The summed E-state index contributed by atoms with van der Waals surface area (Å²) in [5, 5.41) is 14.2. The van der Waals surface area contributed by atoms with E-state index in [9.17, 15) is 9.90 Å². The lowest BCUT2D eigenvalue weighted by Gasteiger charge is -2.19. The van der Waals surface area contributed by atoms with Gasteiger partial charge in [0.05, 0.1) is 11.3 Å². The molecule has 1 N–H and O–H groups in total. The van der Waals surface area contributed by atoms with Crippen molar-refractivity contribution in [1.29, 1.82) is 0 Å². The molecule has 0 radical (unpaired) electrons. The molecule has 1 atom stereocenters. The maximum Gasteiger partial charge on any atom is 0.224 e. The van der Waals surface area contributed by atoms with Gasteiger partial charge < -0.3 is 10.0 Å². The predicted octanol–water partition coefficient (Wildman–Crippen LogP) is 0.873. The van der Waals surface area contributed by atoms with Gasteiger partial charge in [0.1, 0.15) is 0 Å². The van der Waals surface area contributed by atoms with Gasteiger partial charge in [-0.05, 0) is 33.3 Å². The van der Waals surface area contributed by atoms with Crippen LogP contribution in [0.4, 0.5) is 0 Å². The Hall–Kier alpha value is -1.36. The van der Waals surface area contributed by atoms with Gasteiger partial charge in [-0.1, -0.05) is 0 Å². The Morgan fingerprint density at radius 2 is 2.28 bits per heavy atom. The van der Waals surface area contributed by atoms with Crippen LogP contribution in [0.3, 0.4) is 0 Å². The molecule has 1 unspecified atom stereocenters. The van der Waals surface area contributed by atoms with Crippen LogP contribution in [0.25, 0.3) is 0 Å². The van der Waals surface area contributed by atoms with E-state index >= 15 is 0 Å². The van der Waals surface area contributed by atoms with Crippen LogP contribution < -0.4 is 0 Å². The number of aromatic nitrogens is 2. The summed E-state index contributed by atoms with van der Waals surface area (Å²) in [6.07, 6.45) is 1.11. The van der Waals surface area contributed by atoms with Gasteiger partial charge in [0.25, 0.3) is 0 Å². The third kappa shape index (κ3) is 2.90. The second kappa shape index (κ2) is 4.72. The quantitative estimate of drug-likeness (QED) is 0.867. The minimum absolute atomic E-state index is 0.0975. The number of nitrogens with zero attached hydrogens (tertiary/aromatic N) is 3. The summed E-state index contributed by atoms with van der Waals surface area (Å²) in [6, 6.07) is 2.01. The van der Waals surface area contributed by atoms with Crippen LogP contribution in [0.1, 0.15) is 31.2 Å². The molecular weight excluding hydrogens is 230 g/mol. The second-order valence-electron chi connectivity index (χ2n) is 5.46. The molecule has 100 valence electrons.